The van der Waals surface area contributed by atoms with Crippen LogP contribution in [0.2, 0.25) is 0 Å². The predicted molar refractivity (Wildman–Crippen MR) is 86.1 cm³/mol. The second-order valence-corrected chi connectivity index (χ2v) is 4.65. The summed E-state index contributed by atoms with van der Waals surface area (Å²) in [5.74, 6) is 0.455. The number of furan rings is 1. The molecule has 0 atom stereocenters. The van der Waals surface area contributed by atoms with Gasteiger partial charge in [-0.3, -0.25) is 4.79 Å². The Morgan fingerprint density at radius 3 is 2.39 bits per heavy atom. The number of ether oxygens (including phenoxy) is 1. The molecule has 1 aromatic carbocycles. The van der Waals surface area contributed by atoms with Crippen LogP contribution in [0, 0.1) is 0 Å². The minimum atomic E-state index is -0.338. The Bertz CT molecular complexity index is 623. The Morgan fingerprint density at radius 2 is 1.78 bits per heavy atom. The van der Waals surface area contributed by atoms with Crippen molar-refractivity contribution in [3.8, 4) is 0 Å². The number of benzene rings is 1. The lowest BCUT2D eigenvalue weighted by Gasteiger charge is -2.08. The van der Waals surface area contributed by atoms with E-state index >= 15 is 0 Å². The third-order valence-electron chi connectivity index (χ3n) is 2.87. The summed E-state index contributed by atoms with van der Waals surface area (Å²) < 4.78 is 10.1. The molecule has 7 heteroatoms. The molecule has 3 amide bonds. The standard InChI is InChI=1S/C16H19N3O4/c1-2-22-11-15(20)18-12-5-7-13(8-6-12)19-16(21)17-10-14-4-3-9-23-14/h3-9H,2,10-11H2,1H3,(H,18,20)(H2,17,19,21). The summed E-state index contributed by atoms with van der Waals surface area (Å²) in [4.78, 5) is 23.2. The van der Waals surface area contributed by atoms with Crippen LogP contribution in [-0.2, 0) is 16.1 Å². The molecular weight excluding hydrogens is 298 g/mol. The highest BCUT2D eigenvalue weighted by Gasteiger charge is 2.05. The van der Waals surface area contributed by atoms with Crippen LogP contribution in [0.25, 0.3) is 0 Å². The fraction of sp³-hybridized carbons (Fsp3) is 0.250. The monoisotopic (exact) mass is 317 g/mol. The molecule has 23 heavy (non-hydrogen) atoms. The SMILES string of the molecule is CCOCC(=O)Nc1ccc(NC(=O)NCc2ccco2)cc1. The number of amides is 3. The summed E-state index contributed by atoms with van der Waals surface area (Å²) in [6.07, 6.45) is 1.55. The lowest BCUT2D eigenvalue weighted by molar-refractivity contribution is -0.120. The number of hydrogen-bond donors (Lipinski definition) is 3. The molecule has 0 spiro atoms. The highest BCUT2D eigenvalue weighted by molar-refractivity contribution is 5.93. The first-order valence-corrected chi connectivity index (χ1v) is 7.22. The van der Waals surface area contributed by atoms with Crippen molar-refractivity contribution in [1.29, 1.82) is 0 Å². The predicted octanol–water partition coefficient (Wildman–Crippen LogP) is 2.58. The Hall–Kier alpha value is -2.80. The highest BCUT2D eigenvalue weighted by atomic mass is 16.5. The van der Waals surface area contributed by atoms with Crippen LogP contribution in [-0.4, -0.2) is 25.2 Å². The van der Waals surface area contributed by atoms with E-state index in [0.29, 0.717) is 30.3 Å². The molecular formula is C16H19N3O4. The smallest absolute Gasteiger partial charge is 0.319 e. The Balaban J connectivity index is 1.77. The first kappa shape index (κ1) is 16.6. The summed E-state index contributed by atoms with van der Waals surface area (Å²) in [6.45, 7) is 2.64. The minimum Gasteiger partial charge on any atom is -0.467 e. The average molecular weight is 317 g/mol. The van der Waals surface area contributed by atoms with Gasteiger partial charge in [0, 0.05) is 18.0 Å². The largest absolute Gasteiger partial charge is 0.467 e. The zero-order chi connectivity index (χ0) is 16.5. The Kier molecular flexibility index (Phi) is 6.19. The van der Waals surface area contributed by atoms with E-state index in [1.54, 1.807) is 42.7 Å². The summed E-state index contributed by atoms with van der Waals surface area (Å²) >= 11 is 0. The van der Waals surface area contributed by atoms with E-state index in [2.05, 4.69) is 16.0 Å². The molecule has 3 N–H and O–H groups in total. The van der Waals surface area contributed by atoms with Crippen molar-refractivity contribution in [3.05, 3.63) is 48.4 Å². The molecule has 0 aliphatic rings. The first-order valence-electron chi connectivity index (χ1n) is 7.22. The molecule has 0 aliphatic carbocycles. The Morgan fingerprint density at radius 1 is 1.09 bits per heavy atom. The highest BCUT2D eigenvalue weighted by Crippen LogP contribution is 2.13. The number of urea groups is 1. The maximum absolute atomic E-state index is 11.7. The van der Waals surface area contributed by atoms with E-state index < -0.39 is 0 Å². The van der Waals surface area contributed by atoms with E-state index in [1.165, 1.54) is 0 Å². The van der Waals surface area contributed by atoms with Crippen LogP contribution in [0.3, 0.4) is 0 Å². The van der Waals surface area contributed by atoms with Gasteiger partial charge in [-0.1, -0.05) is 0 Å². The van der Waals surface area contributed by atoms with Crippen molar-refractivity contribution in [1.82, 2.24) is 5.32 Å². The van der Waals surface area contributed by atoms with Gasteiger partial charge in [0.15, 0.2) is 0 Å². The van der Waals surface area contributed by atoms with Crippen molar-refractivity contribution < 1.29 is 18.7 Å². The lowest BCUT2D eigenvalue weighted by Crippen LogP contribution is -2.28. The van der Waals surface area contributed by atoms with Gasteiger partial charge >= 0.3 is 6.03 Å². The molecule has 0 unspecified atom stereocenters. The topological polar surface area (TPSA) is 92.6 Å². The molecule has 122 valence electrons. The molecule has 1 aromatic heterocycles. The summed E-state index contributed by atoms with van der Waals surface area (Å²) in [5.41, 5.74) is 1.25. The van der Waals surface area contributed by atoms with Crippen LogP contribution in [0.15, 0.2) is 47.1 Å². The normalized spacial score (nSPS) is 10.1. The molecule has 0 saturated carbocycles. The fourth-order valence-electron chi connectivity index (χ4n) is 1.78. The van der Waals surface area contributed by atoms with Gasteiger partial charge in [-0.05, 0) is 43.3 Å². The molecule has 0 bridgehead atoms. The number of carbonyl (C=O) groups excluding carboxylic acids is 2. The van der Waals surface area contributed by atoms with E-state index in [1.807, 2.05) is 6.92 Å². The van der Waals surface area contributed by atoms with E-state index in [-0.39, 0.29) is 18.5 Å². The number of rotatable bonds is 7. The van der Waals surface area contributed by atoms with Gasteiger partial charge in [0.1, 0.15) is 12.4 Å². The maximum atomic E-state index is 11.7. The van der Waals surface area contributed by atoms with Crippen molar-refractivity contribution in [3.63, 3.8) is 0 Å². The molecule has 2 rings (SSSR count). The van der Waals surface area contributed by atoms with Crippen molar-refractivity contribution in [2.45, 2.75) is 13.5 Å². The van der Waals surface area contributed by atoms with E-state index in [9.17, 15) is 9.59 Å². The van der Waals surface area contributed by atoms with Gasteiger partial charge < -0.3 is 25.1 Å². The minimum absolute atomic E-state index is 0.0195. The van der Waals surface area contributed by atoms with Gasteiger partial charge in [0.2, 0.25) is 5.91 Å². The van der Waals surface area contributed by atoms with E-state index in [0.717, 1.165) is 0 Å². The van der Waals surface area contributed by atoms with Crippen LogP contribution in [0.4, 0.5) is 16.2 Å². The van der Waals surface area contributed by atoms with Gasteiger partial charge in [0.25, 0.3) is 0 Å². The third kappa shape index (κ3) is 5.84. The number of carbonyl (C=O) groups is 2. The second-order valence-electron chi connectivity index (χ2n) is 4.65. The lowest BCUT2D eigenvalue weighted by atomic mass is 10.3. The first-order chi connectivity index (χ1) is 11.2. The second kappa shape index (κ2) is 8.60. The number of nitrogens with one attached hydrogen (secondary N) is 3. The fourth-order valence-corrected chi connectivity index (χ4v) is 1.78. The molecule has 1 heterocycles. The van der Waals surface area contributed by atoms with Crippen LogP contribution in [0.1, 0.15) is 12.7 Å². The van der Waals surface area contributed by atoms with Crippen LogP contribution in [0.5, 0.6) is 0 Å². The van der Waals surface area contributed by atoms with Crippen molar-refractivity contribution in [2.75, 3.05) is 23.8 Å². The third-order valence-corrected chi connectivity index (χ3v) is 2.87. The van der Waals surface area contributed by atoms with Crippen LogP contribution < -0.4 is 16.0 Å². The molecule has 0 saturated heterocycles. The number of hydrogen-bond acceptors (Lipinski definition) is 4. The van der Waals surface area contributed by atoms with Gasteiger partial charge in [-0.2, -0.15) is 0 Å². The Labute approximate surface area is 134 Å². The summed E-state index contributed by atoms with van der Waals surface area (Å²) in [6, 6.07) is 9.99. The van der Waals surface area contributed by atoms with Crippen molar-refractivity contribution in [2.24, 2.45) is 0 Å². The summed E-state index contributed by atoms with van der Waals surface area (Å²) in [5, 5.41) is 8.06. The van der Waals surface area contributed by atoms with Gasteiger partial charge in [0.05, 0.1) is 12.8 Å². The molecule has 0 radical (unpaired) electrons. The molecule has 2 aromatic rings. The van der Waals surface area contributed by atoms with E-state index in [4.69, 9.17) is 9.15 Å². The molecule has 0 fully saturated rings. The molecule has 0 aliphatic heterocycles. The average Bonchev–Trinajstić information content (AvgIpc) is 3.06. The number of anilines is 2. The van der Waals surface area contributed by atoms with Gasteiger partial charge in [-0.15, -0.1) is 0 Å². The van der Waals surface area contributed by atoms with Crippen molar-refractivity contribution >= 4 is 23.3 Å². The van der Waals surface area contributed by atoms with Gasteiger partial charge in [-0.25, -0.2) is 4.79 Å². The zero-order valence-electron chi connectivity index (χ0n) is 12.8. The molecule has 7 nitrogen and oxygen atoms in total. The quantitative estimate of drug-likeness (QED) is 0.732. The van der Waals surface area contributed by atoms with Crippen LogP contribution >= 0.6 is 0 Å². The summed E-state index contributed by atoms with van der Waals surface area (Å²) in [7, 11) is 0. The maximum Gasteiger partial charge on any atom is 0.319 e. The zero-order valence-corrected chi connectivity index (χ0v) is 12.8.